The van der Waals surface area contributed by atoms with E-state index < -0.39 is 5.82 Å². The molecule has 1 aromatic heterocycles. The minimum atomic E-state index is -0.397. The van der Waals surface area contributed by atoms with Crippen molar-refractivity contribution in [2.75, 3.05) is 29.9 Å². The molecule has 1 aliphatic carbocycles. The van der Waals surface area contributed by atoms with Crippen LogP contribution in [0.4, 0.5) is 16.2 Å². The summed E-state index contributed by atoms with van der Waals surface area (Å²) >= 11 is 0. The number of hydrogen-bond acceptors (Lipinski definition) is 5. The van der Waals surface area contributed by atoms with Gasteiger partial charge in [0.25, 0.3) is 0 Å². The summed E-state index contributed by atoms with van der Waals surface area (Å²) in [5.74, 6) is 0.405. The molecule has 0 amide bonds. The second kappa shape index (κ2) is 6.65. The third-order valence-electron chi connectivity index (χ3n) is 3.41. The van der Waals surface area contributed by atoms with E-state index in [-0.39, 0.29) is 6.61 Å². The Balaban J connectivity index is 2.20. The molecule has 2 N–H and O–H groups in total. The minimum Gasteiger partial charge on any atom is -0.396 e. The van der Waals surface area contributed by atoms with E-state index in [9.17, 15) is 4.39 Å². The zero-order valence-electron chi connectivity index (χ0n) is 11.3. The minimum absolute atomic E-state index is 0.107. The molecular formula is C13H21FN4O. The van der Waals surface area contributed by atoms with Crippen molar-refractivity contribution in [2.24, 2.45) is 0 Å². The fourth-order valence-corrected chi connectivity index (χ4v) is 2.20. The molecule has 0 unspecified atom stereocenters. The van der Waals surface area contributed by atoms with Crippen LogP contribution in [-0.4, -0.2) is 40.8 Å². The first-order valence-electron chi connectivity index (χ1n) is 6.90. The molecule has 0 bridgehead atoms. The van der Waals surface area contributed by atoms with Gasteiger partial charge >= 0.3 is 0 Å². The van der Waals surface area contributed by atoms with Crippen LogP contribution >= 0.6 is 0 Å². The average molecular weight is 268 g/mol. The van der Waals surface area contributed by atoms with Gasteiger partial charge in [0.05, 0.1) is 6.20 Å². The van der Waals surface area contributed by atoms with E-state index in [0.717, 1.165) is 12.8 Å². The lowest BCUT2D eigenvalue weighted by Gasteiger charge is -2.38. The normalized spacial score (nSPS) is 15.1. The van der Waals surface area contributed by atoms with E-state index in [1.807, 2.05) is 11.8 Å². The number of rotatable bonds is 7. The lowest BCUT2D eigenvalue weighted by molar-refractivity contribution is 0.282. The van der Waals surface area contributed by atoms with Crippen LogP contribution in [0.5, 0.6) is 0 Å². The predicted molar refractivity (Wildman–Crippen MR) is 72.8 cm³/mol. The molecule has 1 aromatic rings. The molecule has 2 rings (SSSR count). The molecule has 6 heteroatoms. The van der Waals surface area contributed by atoms with E-state index in [4.69, 9.17) is 5.11 Å². The van der Waals surface area contributed by atoms with Crippen LogP contribution in [0, 0.1) is 5.82 Å². The summed E-state index contributed by atoms with van der Waals surface area (Å²) < 4.78 is 14.0. The summed E-state index contributed by atoms with van der Waals surface area (Å²) in [6.07, 6.45) is 5.13. The fourth-order valence-electron chi connectivity index (χ4n) is 2.20. The molecule has 0 radical (unpaired) electrons. The Labute approximate surface area is 112 Å². The van der Waals surface area contributed by atoms with E-state index in [1.165, 1.54) is 12.6 Å². The van der Waals surface area contributed by atoms with Crippen molar-refractivity contribution < 1.29 is 9.50 Å². The number of aromatic nitrogens is 2. The van der Waals surface area contributed by atoms with Crippen LogP contribution in [-0.2, 0) is 0 Å². The predicted octanol–water partition coefficient (Wildman–Crippen LogP) is 1.79. The van der Waals surface area contributed by atoms with Gasteiger partial charge in [-0.3, -0.25) is 0 Å². The van der Waals surface area contributed by atoms with Gasteiger partial charge in [-0.15, -0.1) is 0 Å². The highest BCUT2D eigenvalue weighted by atomic mass is 19.1. The number of aliphatic hydroxyl groups is 1. The molecule has 0 saturated heterocycles. The standard InChI is InChI=1S/C13H21FN4O/c1-2-15-13-16-9-11(14)12(17-13)18(7-4-8-19)10-5-3-6-10/h9-10,19H,2-8H2,1H3,(H,15,16,17). The number of nitrogens with one attached hydrogen (secondary N) is 1. The highest BCUT2D eigenvalue weighted by Gasteiger charge is 2.28. The van der Waals surface area contributed by atoms with Crippen LogP contribution in [0.1, 0.15) is 32.6 Å². The van der Waals surface area contributed by atoms with Gasteiger partial charge in [-0.25, -0.2) is 9.37 Å². The lowest BCUT2D eigenvalue weighted by Crippen LogP contribution is -2.42. The Morgan fingerprint density at radius 2 is 2.32 bits per heavy atom. The Hall–Kier alpha value is -1.43. The molecule has 0 aliphatic heterocycles. The van der Waals surface area contributed by atoms with Gasteiger partial charge in [-0.2, -0.15) is 4.98 Å². The highest BCUT2D eigenvalue weighted by molar-refractivity contribution is 5.45. The topological polar surface area (TPSA) is 61.3 Å². The van der Waals surface area contributed by atoms with E-state index in [2.05, 4.69) is 15.3 Å². The van der Waals surface area contributed by atoms with Crippen LogP contribution < -0.4 is 10.2 Å². The fraction of sp³-hybridized carbons (Fsp3) is 0.692. The Kier molecular flexibility index (Phi) is 4.90. The molecular weight excluding hydrogens is 247 g/mol. The monoisotopic (exact) mass is 268 g/mol. The van der Waals surface area contributed by atoms with Crippen molar-refractivity contribution in [3.63, 3.8) is 0 Å². The third-order valence-corrected chi connectivity index (χ3v) is 3.41. The van der Waals surface area contributed by atoms with Crippen LogP contribution in [0.25, 0.3) is 0 Å². The van der Waals surface area contributed by atoms with Gasteiger partial charge < -0.3 is 15.3 Å². The van der Waals surface area contributed by atoms with Gasteiger partial charge in [0, 0.05) is 25.7 Å². The quantitative estimate of drug-likeness (QED) is 0.789. The molecule has 19 heavy (non-hydrogen) atoms. The van der Waals surface area contributed by atoms with Crippen molar-refractivity contribution in [1.82, 2.24) is 9.97 Å². The van der Waals surface area contributed by atoms with Crippen molar-refractivity contribution in [3.05, 3.63) is 12.0 Å². The van der Waals surface area contributed by atoms with Gasteiger partial charge in [-0.05, 0) is 32.6 Å². The Morgan fingerprint density at radius 1 is 1.53 bits per heavy atom. The van der Waals surface area contributed by atoms with Crippen molar-refractivity contribution in [1.29, 1.82) is 0 Å². The molecule has 5 nitrogen and oxygen atoms in total. The molecule has 1 heterocycles. The van der Waals surface area contributed by atoms with Crippen LogP contribution in [0.15, 0.2) is 6.20 Å². The molecule has 0 spiro atoms. The number of hydrogen-bond donors (Lipinski definition) is 2. The molecule has 1 saturated carbocycles. The average Bonchev–Trinajstić information content (AvgIpc) is 2.35. The zero-order valence-corrected chi connectivity index (χ0v) is 11.3. The van der Waals surface area contributed by atoms with Gasteiger partial charge in [0.15, 0.2) is 11.6 Å². The van der Waals surface area contributed by atoms with E-state index in [1.54, 1.807) is 0 Å². The van der Waals surface area contributed by atoms with Gasteiger partial charge in [-0.1, -0.05) is 0 Å². The summed E-state index contributed by atoms with van der Waals surface area (Å²) in [7, 11) is 0. The Bertz CT molecular complexity index is 412. The summed E-state index contributed by atoms with van der Waals surface area (Å²) in [5, 5.41) is 12.0. The number of anilines is 2. The van der Waals surface area contributed by atoms with Gasteiger partial charge in [0.2, 0.25) is 5.95 Å². The summed E-state index contributed by atoms with van der Waals surface area (Å²) in [6.45, 7) is 3.38. The number of nitrogens with zero attached hydrogens (tertiary/aromatic N) is 3. The SMILES string of the molecule is CCNc1ncc(F)c(N(CCCO)C2CCC2)n1. The lowest BCUT2D eigenvalue weighted by atomic mass is 9.91. The maximum Gasteiger partial charge on any atom is 0.224 e. The largest absolute Gasteiger partial charge is 0.396 e. The molecule has 1 aliphatic rings. The zero-order chi connectivity index (χ0) is 13.7. The molecule has 0 atom stereocenters. The molecule has 0 aromatic carbocycles. The van der Waals surface area contributed by atoms with Crippen molar-refractivity contribution in [2.45, 2.75) is 38.6 Å². The second-order valence-corrected chi connectivity index (χ2v) is 4.75. The van der Waals surface area contributed by atoms with Crippen LogP contribution in [0.2, 0.25) is 0 Å². The number of halogens is 1. The van der Waals surface area contributed by atoms with Crippen LogP contribution in [0.3, 0.4) is 0 Å². The molecule has 1 fully saturated rings. The summed E-state index contributed by atoms with van der Waals surface area (Å²) in [4.78, 5) is 10.2. The van der Waals surface area contributed by atoms with Crippen molar-refractivity contribution >= 4 is 11.8 Å². The maximum atomic E-state index is 14.0. The first kappa shape index (κ1) is 14.0. The van der Waals surface area contributed by atoms with Gasteiger partial charge in [0.1, 0.15) is 0 Å². The second-order valence-electron chi connectivity index (χ2n) is 4.75. The number of aliphatic hydroxyl groups excluding tert-OH is 1. The summed E-state index contributed by atoms with van der Waals surface area (Å²) in [6, 6.07) is 0.338. The Morgan fingerprint density at radius 3 is 2.89 bits per heavy atom. The third kappa shape index (κ3) is 3.32. The van der Waals surface area contributed by atoms with E-state index >= 15 is 0 Å². The maximum absolute atomic E-state index is 14.0. The summed E-state index contributed by atoms with van der Waals surface area (Å²) in [5.41, 5.74) is 0. The first-order valence-corrected chi connectivity index (χ1v) is 6.90. The highest BCUT2D eigenvalue weighted by Crippen LogP contribution is 2.30. The molecule has 106 valence electrons. The van der Waals surface area contributed by atoms with E-state index in [0.29, 0.717) is 37.3 Å². The smallest absolute Gasteiger partial charge is 0.224 e. The first-order chi connectivity index (χ1) is 9.26. The van der Waals surface area contributed by atoms with Crippen molar-refractivity contribution in [3.8, 4) is 0 Å².